The largest absolute Gasteiger partial charge is 0.467 e. The Labute approximate surface area is 154 Å². The molecule has 2 aromatic rings. The van der Waals surface area contributed by atoms with E-state index in [1.165, 1.54) is 11.8 Å². The van der Waals surface area contributed by atoms with Crippen LogP contribution < -0.4 is 0 Å². The van der Waals surface area contributed by atoms with Gasteiger partial charge >= 0.3 is 0 Å². The van der Waals surface area contributed by atoms with Gasteiger partial charge < -0.3 is 19.0 Å². The average molecular weight is 358 g/mol. The molecule has 26 heavy (non-hydrogen) atoms. The Bertz CT molecular complexity index is 670. The molecular formula is C20H26N2O4. The average Bonchev–Trinajstić information content (AvgIpc) is 3.15. The number of carbonyl (C=O) groups excluding carboxylic acids is 2. The third-order valence-corrected chi connectivity index (χ3v) is 4.13. The van der Waals surface area contributed by atoms with E-state index in [2.05, 4.69) is 0 Å². The number of rotatable bonds is 10. The molecule has 0 aliphatic carbocycles. The number of benzene rings is 1. The summed E-state index contributed by atoms with van der Waals surface area (Å²) < 4.78 is 10.4. The first kappa shape index (κ1) is 19.7. The lowest BCUT2D eigenvalue weighted by Crippen LogP contribution is -2.43. The van der Waals surface area contributed by atoms with Crippen molar-refractivity contribution in [2.24, 2.45) is 0 Å². The zero-order valence-corrected chi connectivity index (χ0v) is 15.4. The highest BCUT2D eigenvalue weighted by molar-refractivity contribution is 5.83. The molecule has 0 unspecified atom stereocenters. The predicted molar refractivity (Wildman–Crippen MR) is 98.4 cm³/mol. The fourth-order valence-electron chi connectivity index (χ4n) is 2.60. The number of hydrogen-bond acceptors (Lipinski definition) is 4. The molecule has 0 N–H and O–H groups in total. The monoisotopic (exact) mass is 358 g/mol. The molecule has 0 radical (unpaired) electrons. The van der Waals surface area contributed by atoms with E-state index < -0.39 is 0 Å². The summed E-state index contributed by atoms with van der Waals surface area (Å²) in [7, 11) is 1.57. The van der Waals surface area contributed by atoms with E-state index in [0.717, 1.165) is 17.7 Å². The highest BCUT2D eigenvalue weighted by atomic mass is 16.5. The standard InChI is InChI=1S/C20H26N2O4/c1-17(23)21(12-14-25-2)16-20(24)22(15-19-9-6-13-26-19)11-10-18-7-4-3-5-8-18/h3-9,13H,10-12,14-16H2,1-2H3. The van der Waals surface area contributed by atoms with Crippen molar-refractivity contribution in [2.45, 2.75) is 19.9 Å². The molecule has 1 heterocycles. The summed E-state index contributed by atoms with van der Waals surface area (Å²) in [5.41, 5.74) is 1.16. The van der Waals surface area contributed by atoms with Crippen molar-refractivity contribution in [1.29, 1.82) is 0 Å². The highest BCUT2D eigenvalue weighted by Crippen LogP contribution is 2.09. The van der Waals surface area contributed by atoms with Gasteiger partial charge in [-0.05, 0) is 24.1 Å². The Morgan fingerprint density at radius 2 is 1.81 bits per heavy atom. The number of ether oxygens (including phenoxy) is 1. The van der Waals surface area contributed by atoms with Gasteiger partial charge in [-0.2, -0.15) is 0 Å². The molecule has 0 saturated carbocycles. The third-order valence-electron chi connectivity index (χ3n) is 4.13. The lowest BCUT2D eigenvalue weighted by Gasteiger charge is -2.26. The van der Waals surface area contributed by atoms with E-state index in [9.17, 15) is 9.59 Å². The molecule has 2 amide bonds. The molecule has 0 aliphatic rings. The number of carbonyl (C=O) groups is 2. The molecule has 0 bridgehead atoms. The van der Waals surface area contributed by atoms with Crippen LogP contribution in [-0.2, 0) is 27.3 Å². The molecule has 140 valence electrons. The van der Waals surface area contributed by atoms with Crippen molar-refractivity contribution in [2.75, 3.05) is 33.4 Å². The van der Waals surface area contributed by atoms with Crippen LogP contribution in [0, 0.1) is 0 Å². The lowest BCUT2D eigenvalue weighted by molar-refractivity contribution is -0.140. The number of methoxy groups -OCH3 is 1. The SMILES string of the molecule is COCCN(CC(=O)N(CCc1ccccc1)Cc1ccco1)C(C)=O. The zero-order chi connectivity index (χ0) is 18.8. The van der Waals surface area contributed by atoms with Gasteiger partial charge in [0.1, 0.15) is 5.76 Å². The first-order valence-electron chi connectivity index (χ1n) is 8.68. The van der Waals surface area contributed by atoms with E-state index in [0.29, 0.717) is 26.2 Å². The van der Waals surface area contributed by atoms with Crippen molar-refractivity contribution in [3.63, 3.8) is 0 Å². The van der Waals surface area contributed by atoms with Crippen molar-refractivity contribution in [1.82, 2.24) is 9.80 Å². The van der Waals surface area contributed by atoms with Gasteiger partial charge in [-0.3, -0.25) is 9.59 Å². The normalized spacial score (nSPS) is 10.5. The van der Waals surface area contributed by atoms with Gasteiger partial charge in [0.05, 0.1) is 26.0 Å². The van der Waals surface area contributed by atoms with Gasteiger partial charge in [-0.15, -0.1) is 0 Å². The first-order chi connectivity index (χ1) is 12.6. The van der Waals surface area contributed by atoms with E-state index >= 15 is 0 Å². The summed E-state index contributed by atoms with van der Waals surface area (Å²) in [5.74, 6) is 0.470. The minimum absolute atomic E-state index is 0.0359. The quantitative estimate of drug-likeness (QED) is 0.654. The van der Waals surface area contributed by atoms with Gasteiger partial charge in [0, 0.05) is 27.1 Å². The molecule has 1 aromatic heterocycles. The van der Waals surface area contributed by atoms with Crippen molar-refractivity contribution < 1.29 is 18.7 Å². The number of nitrogens with zero attached hydrogens (tertiary/aromatic N) is 2. The van der Waals surface area contributed by atoms with Gasteiger partial charge in [0.2, 0.25) is 11.8 Å². The number of amides is 2. The fraction of sp³-hybridized carbons (Fsp3) is 0.400. The van der Waals surface area contributed by atoms with Gasteiger partial charge in [-0.25, -0.2) is 0 Å². The summed E-state index contributed by atoms with van der Waals surface area (Å²) in [6.07, 6.45) is 2.33. The van der Waals surface area contributed by atoms with Crippen molar-refractivity contribution in [3.05, 3.63) is 60.1 Å². The molecule has 0 atom stereocenters. The molecule has 0 saturated heterocycles. The van der Waals surface area contributed by atoms with Crippen LogP contribution >= 0.6 is 0 Å². The fourth-order valence-corrected chi connectivity index (χ4v) is 2.60. The predicted octanol–water partition coefficient (Wildman–Crippen LogP) is 2.35. The van der Waals surface area contributed by atoms with Crippen molar-refractivity contribution >= 4 is 11.8 Å². The lowest BCUT2D eigenvalue weighted by atomic mass is 10.1. The second-order valence-electron chi connectivity index (χ2n) is 6.06. The topological polar surface area (TPSA) is 63.0 Å². The van der Waals surface area contributed by atoms with Crippen LogP contribution in [0.2, 0.25) is 0 Å². The molecule has 1 aromatic carbocycles. The second-order valence-corrected chi connectivity index (χ2v) is 6.06. The van der Waals surface area contributed by atoms with Crippen LogP contribution in [0.1, 0.15) is 18.2 Å². The van der Waals surface area contributed by atoms with E-state index in [1.807, 2.05) is 36.4 Å². The molecule has 6 heteroatoms. The molecule has 6 nitrogen and oxygen atoms in total. The minimum atomic E-state index is -0.142. The maximum Gasteiger partial charge on any atom is 0.242 e. The Kier molecular flexibility index (Phi) is 7.89. The molecule has 0 spiro atoms. The minimum Gasteiger partial charge on any atom is -0.467 e. The van der Waals surface area contributed by atoms with Crippen molar-refractivity contribution in [3.8, 4) is 0 Å². The van der Waals surface area contributed by atoms with Crippen LogP contribution in [0.4, 0.5) is 0 Å². The number of furan rings is 1. The summed E-state index contributed by atoms with van der Waals surface area (Å²) >= 11 is 0. The van der Waals surface area contributed by atoms with Crippen LogP contribution in [0.5, 0.6) is 0 Å². The first-order valence-corrected chi connectivity index (χ1v) is 8.68. The molecule has 2 rings (SSSR count). The van der Waals surface area contributed by atoms with E-state index in [1.54, 1.807) is 24.3 Å². The van der Waals surface area contributed by atoms with Crippen LogP contribution in [-0.4, -0.2) is 55.0 Å². The summed E-state index contributed by atoms with van der Waals surface area (Å²) in [5, 5.41) is 0. The maximum absolute atomic E-state index is 12.8. The highest BCUT2D eigenvalue weighted by Gasteiger charge is 2.20. The molecular weight excluding hydrogens is 332 g/mol. The Morgan fingerprint density at radius 1 is 1.04 bits per heavy atom. The van der Waals surface area contributed by atoms with Crippen LogP contribution in [0.15, 0.2) is 53.1 Å². The smallest absolute Gasteiger partial charge is 0.242 e. The molecule has 0 fully saturated rings. The van der Waals surface area contributed by atoms with Crippen LogP contribution in [0.3, 0.4) is 0 Å². The van der Waals surface area contributed by atoms with E-state index in [4.69, 9.17) is 9.15 Å². The third kappa shape index (κ3) is 6.37. The summed E-state index contributed by atoms with van der Waals surface area (Å²) in [4.78, 5) is 27.8. The summed E-state index contributed by atoms with van der Waals surface area (Å²) in [6.45, 7) is 3.23. The van der Waals surface area contributed by atoms with E-state index in [-0.39, 0.29) is 18.4 Å². The van der Waals surface area contributed by atoms with Crippen LogP contribution in [0.25, 0.3) is 0 Å². The van der Waals surface area contributed by atoms with Gasteiger partial charge in [0.15, 0.2) is 0 Å². The number of hydrogen-bond donors (Lipinski definition) is 0. The van der Waals surface area contributed by atoms with Gasteiger partial charge in [-0.1, -0.05) is 30.3 Å². The maximum atomic E-state index is 12.8. The van der Waals surface area contributed by atoms with Gasteiger partial charge in [0.25, 0.3) is 0 Å². The summed E-state index contributed by atoms with van der Waals surface area (Å²) in [6, 6.07) is 13.7. The Morgan fingerprint density at radius 3 is 2.42 bits per heavy atom. The Hall–Kier alpha value is -2.60. The zero-order valence-electron chi connectivity index (χ0n) is 15.4. The Balaban J connectivity index is 2.03. The molecule has 0 aliphatic heterocycles. The second kappa shape index (κ2) is 10.4.